The number of hydrogen-bond acceptors (Lipinski definition) is 2. The summed E-state index contributed by atoms with van der Waals surface area (Å²) in [4.78, 5) is 11.5. The number of carbonyl (C=O) groups excluding carboxylic acids is 1. The van der Waals surface area contributed by atoms with E-state index < -0.39 is 5.60 Å². The molecule has 1 unspecified atom stereocenters. The number of ketones is 1. The van der Waals surface area contributed by atoms with Crippen molar-refractivity contribution in [3.63, 3.8) is 0 Å². The summed E-state index contributed by atoms with van der Waals surface area (Å²) in [6.45, 7) is 1.70. The second kappa shape index (κ2) is 4.15. The van der Waals surface area contributed by atoms with Crippen LogP contribution in [0, 0.1) is 0 Å². The van der Waals surface area contributed by atoms with E-state index in [4.69, 9.17) is 0 Å². The van der Waals surface area contributed by atoms with Crippen LogP contribution in [-0.4, -0.2) is 16.5 Å². The Morgan fingerprint density at radius 1 is 1.31 bits per heavy atom. The maximum absolute atomic E-state index is 11.5. The van der Waals surface area contributed by atoms with Gasteiger partial charge in [0.2, 0.25) is 0 Å². The number of carbonyl (C=O) groups is 1. The molecule has 0 saturated carbocycles. The number of rotatable bonds is 1. The third-order valence-corrected chi connectivity index (χ3v) is 3.37. The highest BCUT2D eigenvalue weighted by atomic mass is 79.9. The van der Waals surface area contributed by atoms with Crippen molar-refractivity contribution in [1.82, 2.24) is 0 Å². The Kier molecular flexibility index (Phi) is 3.00. The maximum atomic E-state index is 11.5. The fourth-order valence-electron chi connectivity index (χ4n) is 2.04. The molecule has 1 aromatic rings. The number of allylic oxidation sites excluding steroid dienone is 1. The summed E-state index contributed by atoms with van der Waals surface area (Å²) in [5, 5.41) is 9.99. The van der Waals surface area contributed by atoms with Crippen LogP contribution in [-0.2, 0) is 4.79 Å². The van der Waals surface area contributed by atoms with Gasteiger partial charge in [0.25, 0.3) is 0 Å². The molecule has 0 heterocycles. The molecule has 2 nitrogen and oxygen atoms in total. The molecule has 1 N–H and O–H groups in total. The second-order valence-electron chi connectivity index (χ2n) is 4.47. The highest BCUT2D eigenvalue weighted by Gasteiger charge is 2.30. The van der Waals surface area contributed by atoms with Crippen molar-refractivity contribution in [2.75, 3.05) is 0 Å². The van der Waals surface area contributed by atoms with Crippen molar-refractivity contribution in [1.29, 1.82) is 0 Å². The second-order valence-corrected chi connectivity index (χ2v) is 5.32. The van der Waals surface area contributed by atoms with Crippen LogP contribution in [0.2, 0.25) is 0 Å². The van der Waals surface area contributed by atoms with E-state index >= 15 is 0 Å². The van der Waals surface area contributed by atoms with E-state index in [9.17, 15) is 9.90 Å². The Labute approximate surface area is 103 Å². The van der Waals surface area contributed by atoms with Crippen LogP contribution in [0.25, 0.3) is 5.57 Å². The van der Waals surface area contributed by atoms with E-state index in [0.29, 0.717) is 6.42 Å². The highest BCUT2D eigenvalue weighted by Crippen LogP contribution is 2.35. The fourth-order valence-corrected chi connectivity index (χ4v) is 2.58. The minimum atomic E-state index is -0.920. The Morgan fingerprint density at radius 2 is 2.00 bits per heavy atom. The number of halogens is 1. The van der Waals surface area contributed by atoms with Crippen LogP contribution in [0.5, 0.6) is 0 Å². The van der Waals surface area contributed by atoms with E-state index in [1.807, 2.05) is 24.3 Å². The van der Waals surface area contributed by atoms with Crippen LogP contribution >= 0.6 is 15.9 Å². The van der Waals surface area contributed by atoms with Gasteiger partial charge in [0, 0.05) is 17.3 Å². The first-order valence-corrected chi connectivity index (χ1v) is 5.98. The van der Waals surface area contributed by atoms with Gasteiger partial charge >= 0.3 is 0 Å². The normalized spacial score (nSPS) is 25.4. The molecule has 0 spiro atoms. The topological polar surface area (TPSA) is 37.3 Å². The van der Waals surface area contributed by atoms with Gasteiger partial charge < -0.3 is 5.11 Å². The summed E-state index contributed by atoms with van der Waals surface area (Å²) in [6.07, 6.45) is 2.36. The molecular formula is C13H13BrO2. The molecule has 84 valence electrons. The zero-order chi connectivity index (χ0) is 11.8. The van der Waals surface area contributed by atoms with E-state index in [1.165, 1.54) is 0 Å². The van der Waals surface area contributed by atoms with E-state index in [0.717, 1.165) is 15.6 Å². The predicted octanol–water partition coefficient (Wildman–Crippen LogP) is 2.95. The lowest BCUT2D eigenvalue weighted by Crippen LogP contribution is -2.31. The van der Waals surface area contributed by atoms with Crippen LogP contribution < -0.4 is 0 Å². The first kappa shape index (κ1) is 11.6. The lowest BCUT2D eigenvalue weighted by atomic mass is 9.83. The molecule has 2 rings (SSSR count). The quantitative estimate of drug-likeness (QED) is 0.859. The largest absolute Gasteiger partial charge is 0.389 e. The Balaban J connectivity index is 2.42. The zero-order valence-electron chi connectivity index (χ0n) is 9.03. The predicted molar refractivity (Wildman–Crippen MR) is 67.0 cm³/mol. The molecule has 0 radical (unpaired) electrons. The third kappa shape index (κ3) is 2.42. The third-order valence-electron chi connectivity index (χ3n) is 2.68. The van der Waals surface area contributed by atoms with Gasteiger partial charge in [-0.15, -0.1) is 0 Å². The molecule has 1 aromatic carbocycles. The van der Waals surface area contributed by atoms with Gasteiger partial charge in [0.15, 0.2) is 5.78 Å². The number of hydrogen-bond donors (Lipinski definition) is 1. The average molecular weight is 281 g/mol. The molecule has 16 heavy (non-hydrogen) atoms. The van der Waals surface area contributed by atoms with E-state index in [-0.39, 0.29) is 12.2 Å². The Morgan fingerprint density at radius 3 is 2.62 bits per heavy atom. The van der Waals surface area contributed by atoms with E-state index in [2.05, 4.69) is 15.9 Å². The maximum Gasteiger partial charge on any atom is 0.158 e. The molecule has 3 heteroatoms. The first-order chi connectivity index (χ1) is 7.48. The van der Waals surface area contributed by atoms with Gasteiger partial charge in [-0.2, -0.15) is 0 Å². The molecule has 1 aliphatic rings. The monoisotopic (exact) mass is 280 g/mol. The summed E-state index contributed by atoms with van der Waals surface area (Å²) in [6, 6.07) is 7.74. The van der Waals surface area contributed by atoms with Crippen molar-refractivity contribution in [2.45, 2.75) is 25.4 Å². The number of aliphatic hydroxyl groups is 1. The van der Waals surface area contributed by atoms with Gasteiger partial charge in [0.05, 0.1) is 5.60 Å². The molecule has 1 aliphatic carbocycles. The van der Waals surface area contributed by atoms with Crippen molar-refractivity contribution in [2.24, 2.45) is 0 Å². The molecule has 0 aromatic heterocycles. The lowest BCUT2D eigenvalue weighted by molar-refractivity contribution is -0.119. The van der Waals surface area contributed by atoms with Crippen LogP contribution in [0.3, 0.4) is 0 Å². The number of benzene rings is 1. The minimum absolute atomic E-state index is 0.0120. The SMILES string of the molecule is CC1(O)CC(=O)C=C(c2ccccc2Br)C1. The van der Waals surface area contributed by atoms with Gasteiger partial charge in [-0.3, -0.25) is 4.79 Å². The van der Waals surface area contributed by atoms with Gasteiger partial charge in [-0.1, -0.05) is 34.1 Å². The van der Waals surface area contributed by atoms with Gasteiger partial charge in [-0.25, -0.2) is 0 Å². The minimum Gasteiger partial charge on any atom is -0.389 e. The molecule has 0 bridgehead atoms. The fraction of sp³-hybridized carbons (Fsp3) is 0.308. The summed E-state index contributed by atoms with van der Waals surface area (Å²) < 4.78 is 0.951. The molecular weight excluding hydrogens is 268 g/mol. The molecule has 0 saturated heterocycles. The van der Waals surface area contributed by atoms with Gasteiger partial charge in [0.1, 0.15) is 0 Å². The molecule has 0 amide bonds. The van der Waals surface area contributed by atoms with Crippen molar-refractivity contribution < 1.29 is 9.90 Å². The Bertz CT molecular complexity index is 461. The molecule has 0 fully saturated rings. The highest BCUT2D eigenvalue weighted by molar-refractivity contribution is 9.10. The first-order valence-electron chi connectivity index (χ1n) is 5.19. The average Bonchev–Trinajstić information content (AvgIpc) is 2.15. The summed E-state index contributed by atoms with van der Waals surface area (Å²) >= 11 is 3.46. The summed E-state index contributed by atoms with van der Waals surface area (Å²) in [5.41, 5.74) is 0.959. The van der Waals surface area contributed by atoms with Crippen LogP contribution in [0.4, 0.5) is 0 Å². The van der Waals surface area contributed by atoms with Crippen LogP contribution in [0.1, 0.15) is 25.3 Å². The standard InChI is InChI=1S/C13H13BrO2/c1-13(16)7-9(6-10(15)8-13)11-4-2-3-5-12(11)14/h2-6,16H,7-8H2,1H3. The van der Waals surface area contributed by atoms with Crippen molar-refractivity contribution >= 4 is 27.3 Å². The summed E-state index contributed by atoms with van der Waals surface area (Å²) in [7, 11) is 0. The van der Waals surface area contributed by atoms with Crippen molar-refractivity contribution in [3.05, 3.63) is 40.4 Å². The molecule has 1 atom stereocenters. The summed E-state index contributed by atoms with van der Waals surface area (Å²) in [5.74, 6) is -0.0120. The lowest BCUT2D eigenvalue weighted by Gasteiger charge is -2.28. The smallest absolute Gasteiger partial charge is 0.158 e. The van der Waals surface area contributed by atoms with Crippen molar-refractivity contribution in [3.8, 4) is 0 Å². The zero-order valence-corrected chi connectivity index (χ0v) is 10.6. The van der Waals surface area contributed by atoms with Crippen LogP contribution in [0.15, 0.2) is 34.8 Å². The van der Waals surface area contributed by atoms with Gasteiger partial charge in [-0.05, 0) is 30.2 Å². The van der Waals surface area contributed by atoms with E-state index in [1.54, 1.807) is 13.0 Å². The molecule has 0 aliphatic heterocycles. The Hall–Kier alpha value is -0.930.